The summed E-state index contributed by atoms with van der Waals surface area (Å²) < 4.78 is 0. The Bertz CT molecular complexity index is 238. The number of amides is 1. The van der Waals surface area contributed by atoms with E-state index in [0.29, 0.717) is 23.9 Å². The summed E-state index contributed by atoms with van der Waals surface area (Å²) in [5.74, 6) is 0.788. The fourth-order valence-electron chi connectivity index (χ4n) is 2.34. The highest BCUT2D eigenvalue weighted by Crippen LogP contribution is 2.32. The zero-order valence-corrected chi connectivity index (χ0v) is 9.83. The summed E-state index contributed by atoms with van der Waals surface area (Å²) in [5.41, 5.74) is 0. The molecule has 1 amide bonds. The number of hydrogen-bond donors (Lipinski definition) is 1. The Morgan fingerprint density at radius 3 is 2.60 bits per heavy atom. The second kappa shape index (κ2) is 4.52. The van der Waals surface area contributed by atoms with E-state index >= 15 is 0 Å². The lowest BCUT2D eigenvalue weighted by Gasteiger charge is -2.40. The Morgan fingerprint density at radius 1 is 1.33 bits per heavy atom. The van der Waals surface area contributed by atoms with Crippen LogP contribution < -0.4 is 5.32 Å². The molecule has 0 spiro atoms. The molecule has 2 rings (SSSR count). The van der Waals surface area contributed by atoms with E-state index < -0.39 is 0 Å². The lowest BCUT2D eigenvalue weighted by molar-refractivity contribution is -0.136. The van der Waals surface area contributed by atoms with E-state index in [1.54, 1.807) is 0 Å². The van der Waals surface area contributed by atoms with Crippen molar-refractivity contribution in [3.63, 3.8) is 0 Å². The number of nitrogens with zero attached hydrogens (tertiary/aromatic N) is 1. The number of piperazine rings is 1. The van der Waals surface area contributed by atoms with Crippen LogP contribution in [0.15, 0.2) is 0 Å². The summed E-state index contributed by atoms with van der Waals surface area (Å²) in [4.78, 5) is 14.2. The van der Waals surface area contributed by atoms with Gasteiger partial charge in [0, 0.05) is 31.1 Å². The highest BCUT2D eigenvalue weighted by atomic mass is 16.2. The first-order chi connectivity index (χ1) is 7.26. The largest absolute Gasteiger partial charge is 0.337 e. The first-order valence-electron chi connectivity index (χ1n) is 6.30. The Kier molecular flexibility index (Phi) is 3.29. The van der Waals surface area contributed by atoms with Crippen molar-refractivity contribution < 1.29 is 4.79 Å². The number of carbonyl (C=O) groups excluding carboxylic acids is 1. The molecule has 1 heterocycles. The molecule has 2 aliphatic rings. The molecule has 0 radical (unpaired) electrons. The number of nitrogens with one attached hydrogen (secondary N) is 1. The molecule has 0 aromatic heterocycles. The topological polar surface area (TPSA) is 32.3 Å². The van der Waals surface area contributed by atoms with Crippen LogP contribution in [0.4, 0.5) is 0 Å². The van der Waals surface area contributed by atoms with E-state index in [0.717, 1.165) is 38.8 Å². The van der Waals surface area contributed by atoms with Crippen LogP contribution in [0.5, 0.6) is 0 Å². The second-order valence-corrected chi connectivity index (χ2v) is 4.84. The van der Waals surface area contributed by atoms with Crippen LogP contribution in [0.3, 0.4) is 0 Å². The van der Waals surface area contributed by atoms with Crippen molar-refractivity contribution in [2.45, 2.75) is 51.6 Å². The van der Waals surface area contributed by atoms with Gasteiger partial charge in [0.15, 0.2) is 0 Å². The molecule has 0 aromatic carbocycles. The Hall–Kier alpha value is -0.570. The van der Waals surface area contributed by atoms with Gasteiger partial charge in [-0.1, -0.05) is 13.8 Å². The molecular formula is C12H22N2O. The summed E-state index contributed by atoms with van der Waals surface area (Å²) in [6, 6.07) is 0.941. The third-order valence-electron chi connectivity index (χ3n) is 3.67. The summed E-state index contributed by atoms with van der Waals surface area (Å²) >= 11 is 0. The van der Waals surface area contributed by atoms with Gasteiger partial charge in [0.05, 0.1) is 0 Å². The highest BCUT2D eigenvalue weighted by molar-refractivity contribution is 5.81. The Labute approximate surface area is 92.2 Å². The molecule has 86 valence electrons. The molecule has 1 aliphatic heterocycles. The van der Waals surface area contributed by atoms with Gasteiger partial charge < -0.3 is 10.2 Å². The summed E-state index contributed by atoms with van der Waals surface area (Å²) in [5, 5.41) is 3.52. The Balaban J connectivity index is 1.99. The maximum Gasteiger partial charge on any atom is 0.226 e. The van der Waals surface area contributed by atoms with Gasteiger partial charge in [-0.2, -0.15) is 0 Å². The van der Waals surface area contributed by atoms with Crippen LogP contribution in [0.1, 0.15) is 39.5 Å². The molecule has 1 saturated heterocycles. The van der Waals surface area contributed by atoms with E-state index in [4.69, 9.17) is 0 Å². The molecule has 1 aliphatic carbocycles. The first-order valence-corrected chi connectivity index (χ1v) is 6.30. The van der Waals surface area contributed by atoms with Crippen molar-refractivity contribution in [2.75, 3.05) is 13.1 Å². The summed E-state index contributed by atoms with van der Waals surface area (Å²) in [7, 11) is 0. The normalized spacial score (nSPS) is 31.7. The number of hydrogen-bond acceptors (Lipinski definition) is 2. The van der Waals surface area contributed by atoms with E-state index in [2.05, 4.69) is 24.1 Å². The van der Waals surface area contributed by atoms with Gasteiger partial charge in [-0.05, 0) is 25.7 Å². The zero-order chi connectivity index (χ0) is 10.8. The lowest BCUT2D eigenvalue weighted by atomic mass is 10.0. The maximum atomic E-state index is 12.1. The van der Waals surface area contributed by atoms with Gasteiger partial charge in [0.2, 0.25) is 5.91 Å². The van der Waals surface area contributed by atoms with Gasteiger partial charge in [-0.25, -0.2) is 0 Å². The second-order valence-electron chi connectivity index (χ2n) is 4.84. The smallest absolute Gasteiger partial charge is 0.226 e. The van der Waals surface area contributed by atoms with Crippen molar-refractivity contribution in [3.05, 3.63) is 0 Å². The fourth-order valence-corrected chi connectivity index (χ4v) is 2.34. The van der Waals surface area contributed by atoms with Gasteiger partial charge in [-0.3, -0.25) is 4.79 Å². The van der Waals surface area contributed by atoms with Crippen LogP contribution >= 0.6 is 0 Å². The average molecular weight is 210 g/mol. The molecular weight excluding hydrogens is 188 g/mol. The lowest BCUT2D eigenvalue weighted by Crippen LogP contribution is -2.58. The van der Waals surface area contributed by atoms with Gasteiger partial charge in [0.1, 0.15) is 0 Å². The van der Waals surface area contributed by atoms with Crippen molar-refractivity contribution >= 4 is 5.91 Å². The zero-order valence-electron chi connectivity index (χ0n) is 9.83. The standard InChI is InChI=1S/C12H22N2O/c1-3-10-8-14(11(4-2)7-13-10)12(15)9-5-6-9/h9-11,13H,3-8H2,1-2H3. The Morgan fingerprint density at radius 2 is 2.07 bits per heavy atom. The van der Waals surface area contributed by atoms with E-state index in [1.807, 2.05) is 0 Å². The minimum atomic E-state index is 0.370. The van der Waals surface area contributed by atoms with Crippen molar-refractivity contribution in [1.82, 2.24) is 10.2 Å². The molecule has 2 fully saturated rings. The highest BCUT2D eigenvalue weighted by Gasteiger charge is 2.38. The van der Waals surface area contributed by atoms with Gasteiger partial charge in [-0.15, -0.1) is 0 Å². The monoisotopic (exact) mass is 210 g/mol. The third-order valence-corrected chi connectivity index (χ3v) is 3.67. The molecule has 15 heavy (non-hydrogen) atoms. The maximum absolute atomic E-state index is 12.1. The van der Waals surface area contributed by atoms with Crippen LogP contribution in [0.25, 0.3) is 0 Å². The van der Waals surface area contributed by atoms with Crippen LogP contribution in [0.2, 0.25) is 0 Å². The van der Waals surface area contributed by atoms with Crippen molar-refractivity contribution in [3.8, 4) is 0 Å². The van der Waals surface area contributed by atoms with Crippen LogP contribution in [0, 0.1) is 5.92 Å². The predicted molar refractivity (Wildman–Crippen MR) is 60.6 cm³/mol. The third kappa shape index (κ3) is 2.33. The molecule has 2 unspecified atom stereocenters. The minimum absolute atomic E-state index is 0.370. The molecule has 3 nitrogen and oxygen atoms in total. The van der Waals surface area contributed by atoms with E-state index in [9.17, 15) is 4.79 Å². The number of carbonyl (C=O) groups is 1. The van der Waals surface area contributed by atoms with Crippen molar-refractivity contribution in [1.29, 1.82) is 0 Å². The van der Waals surface area contributed by atoms with Gasteiger partial charge in [0.25, 0.3) is 0 Å². The summed E-state index contributed by atoms with van der Waals surface area (Å²) in [6.45, 7) is 6.26. The van der Waals surface area contributed by atoms with Crippen LogP contribution in [-0.2, 0) is 4.79 Å². The molecule has 3 heteroatoms. The van der Waals surface area contributed by atoms with Crippen molar-refractivity contribution in [2.24, 2.45) is 5.92 Å². The summed E-state index contributed by atoms with van der Waals surface area (Å²) in [6.07, 6.45) is 4.43. The fraction of sp³-hybridized carbons (Fsp3) is 0.917. The van der Waals surface area contributed by atoms with E-state index in [-0.39, 0.29) is 0 Å². The molecule has 0 bridgehead atoms. The first kappa shape index (κ1) is 10.9. The SMILES string of the molecule is CCC1CN(C(=O)C2CC2)C(CC)CN1. The quantitative estimate of drug-likeness (QED) is 0.763. The molecule has 2 atom stereocenters. The van der Waals surface area contributed by atoms with Crippen LogP contribution in [-0.4, -0.2) is 36.0 Å². The molecule has 1 N–H and O–H groups in total. The average Bonchev–Trinajstić information content (AvgIpc) is 3.11. The minimum Gasteiger partial charge on any atom is -0.337 e. The molecule has 1 saturated carbocycles. The van der Waals surface area contributed by atoms with Gasteiger partial charge >= 0.3 is 0 Å². The van der Waals surface area contributed by atoms with E-state index in [1.165, 1.54) is 0 Å². The number of rotatable bonds is 3. The predicted octanol–water partition coefficient (Wildman–Crippen LogP) is 1.39. The molecule has 0 aromatic rings.